The summed E-state index contributed by atoms with van der Waals surface area (Å²) in [6.07, 6.45) is 0. The molecule has 0 saturated carbocycles. The van der Waals surface area contributed by atoms with Gasteiger partial charge in [-0.1, -0.05) is 12.1 Å². The van der Waals surface area contributed by atoms with Crippen LogP contribution in [0.1, 0.15) is 26.6 Å². The number of nitrogens with one attached hydrogen (secondary N) is 1. The lowest BCUT2D eigenvalue weighted by atomic mass is 10.1. The molecule has 1 aromatic heterocycles. The molecule has 0 spiro atoms. The van der Waals surface area contributed by atoms with E-state index < -0.39 is 16.0 Å². The maximum atomic E-state index is 12.0. The minimum Gasteiger partial charge on any atom is -0.478 e. The minimum absolute atomic E-state index is 0.0678. The molecule has 0 aliphatic carbocycles. The molecule has 0 atom stereocenters. The SMILES string of the molecule is Cc1csc(CNS(=O)(=O)Cc2cccc(C(=O)O)c2)n1. The van der Waals surface area contributed by atoms with Gasteiger partial charge in [0.2, 0.25) is 10.0 Å². The second-order valence-electron chi connectivity index (χ2n) is 4.47. The van der Waals surface area contributed by atoms with Gasteiger partial charge in [-0.15, -0.1) is 11.3 Å². The van der Waals surface area contributed by atoms with Crippen molar-refractivity contribution in [1.82, 2.24) is 9.71 Å². The third-order valence-electron chi connectivity index (χ3n) is 2.64. The molecule has 2 aromatic rings. The Balaban J connectivity index is 2.03. The van der Waals surface area contributed by atoms with Gasteiger partial charge in [0.15, 0.2) is 0 Å². The Morgan fingerprint density at radius 3 is 2.81 bits per heavy atom. The number of thiazole rings is 1. The number of nitrogens with zero attached hydrogens (tertiary/aromatic N) is 1. The number of hydrogen-bond donors (Lipinski definition) is 2. The first-order valence-electron chi connectivity index (χ1n) is 6.06. The zero-order chi connectivity index (χ0) is 15.5. The lowest BCUT2D eigenvalue weighted by Crippen LogP contribution is -2.24. The lowest BCUT2D eigenvalue weighted by Gasteiger charge is -2.06. The number of aromatic carboxylic acids is 1. The van der Waals surface area contributed by atoms with Gasteiger partial charge in [0.05, 0.1) is 17.9 Å². The van der Waals surface area contributed by atoms with Crippen LogP contribution in [0, 0.1) is 6.92 Å². The molecule has 6 nitrogen and oxygen atoms in total. The Labute approximate surface area is 126 Å². The number of carboxylic acid groups (broad SMARTS) is 1. The molecule has 0 saturated heterocycles. The highest BCUT2D eigenvalue weighted by molar-refractivity contribution is 7.88. The van der Waals surface area contributed by atoms with Crippen molar-refractivity contribution >= 4 is 27.3 Å². The molecule has 2 rings (SSSR count). The van der Waals surface area contributed by atoms with E-state index >= 15 is 0 Å². The van der Waals surface area contributed by atoms with E-state index in [9.17, 15) is 13.2 Å². The number of aromatic nitrogens is 1. The molecule has 2 N–H and O–H groups in total. The Morgan fingerprint density at radius 2 is 2.19 bits per heavy atom. The molecule has 0 fully saturated rings. The third kappa shape index (κ3) is 4.62. The number of benzene rings is 1. The summed E-state index contributed by atoms with van der Waals surface area (Å²) in [5.74, 6) is -1.35. The number of rotatable bonds is 6. The van der Waals surface area contributed by atoms with Crippen molar-refractivity contribution in [2.24, 2.45) is 0 Å². The third-order valence-corrected chi connectivity index (χ3v) is 4.90. The number of aryl methyl sites for hydroxylation is 1. The molecule has 1 aromatic carbocycles. The summed E-state index contributed by atoms with van der Waals surface area (Å²) >= 11 is 1.39. The predicted octanol–water partition coefficient (Wildman–Crippen LogP) is 1.77. The maximum absolute atomic E-state index is 12.0. The summed E-state index contributed by atoms with van der Waals surface area (Å²) in [7, 11) is -3.54. The highest BCUT2D eigenvalue weighted by Crippen LogP contribution is 2.11. The molecule has 0 bridgehead atoms. The number of carbonyl (C=O) groups is 1. The average molecular weight is 326 g/mol. The molecule has 0 aliphatic rings. The molecule has 8 heteroatoms. The van der Waals surface area contributed by atoms with Gasteiger partial charge >= 0.3 is 5.97 Å². The van der Waals surface area contributed by atoms with Crippen LogP contribution in [-0.2, 0) is 22.3 Å². The molecular weight excluding hydrogens is 312 g/mol. The number of sulfonamides is 1. The molecular formula is C13H14N2O4S2. The van der Waals surface area contributed by atoms with Gasteiger partial charge in [-0.2, -0.15) is 0 Å². The molecule has 0 amide bonds. The first kappa shape index (κ1) is 15.6. The topological polar surface area (TPSA) is 96.4 Å². The number of carboxylic acids is 1. The molecule has 21 heavy (non-hydrogen) atoms. The largest absolute Gasteiger partial charge is 0.478 e. The molecule has 0 aliphatic heterocycles. The van der Waals surface area contributed by atoms with Crippen LogP contribution >= 0.6 is 11.3 Å². The Bertz CT molecular complexity index is 753. The van der Waals surface area contributed by atoms with E-state index in [0.29, 0.717) is 10.6 Å². The van der Waals surface area contributed by atoms with Gasteiger partial charge in [0.25, 0.3) is 0 Å². The lowest BCUT2D eigenvalue weighted by molar-refractivity contribution is 0.0696. The van der Waals surface area contributed by atoms with E-state index in [0.717, 1.165) is 5.69 Å². The smallest absolute Gasteiger partial charge is 0.335 e. The normalized spacial score (nSPS) is 11.5. The first-order chi connectivity index (χ1) is 9.85. The van der Waals surface area contributed by atoms with Crippen molar-refractivity contribution in [3.8, 4) is 0 Å². The van der Waals surface area contributed by atoms with Crippen molar-refractivity contribution in [2.75, 3.05) is 0 Å². The summed E-state index contributed by atoms with van der Waals surface area (Å²) in [6, 6.07) is 5.89. The summed E-state index contributed by atoms with van der Waals surface area (Å²) in [4.78, 5) is 15.0. The molecule has 0 radical (unpaired) electrons. The summed E-state index contributed by atoms with van der Waals surface area (Å²) in [5, 5.41) is 11.4. The van der Waals surface area contributed by atoms with Crippen LogP contribution in [-0.4, -0.2) is 24.5 Å². The van der Waals surface area contributed by atoms with Crippen molar-refractivity contribution in [3.05, 3.63) is 51.5 Å². The second kappa shape index (κ2) is 6.33. The number of hydrogen-bond acceptors (Lipinski definition) is 5. The zero-order valence-electron chi connectivity index (χ0n) is 11.2. The van der Waals surface area contributed by atoms with E-state index in [-0.39, 0.29) is 17.9 Å². The van der Waals surface area contributed by atoms with E-state index in [4.69, 9.17) is 5.11 Å². The van der Waals surface area contributed by atoms with Gasteiger partial charge in [0.1, 0.15) is 5.01 Å². The first-order valence-corrected chi connectivity index (χ1v) is 8.59. The van der Waals surface area contributed by atoms with E-state index in [1.807, 2.05) is 12.3 Å². The highest BCUT2D eigenvalue weighted by atomic mass is 32.2. The Morgan fingerprint density at radius 1 is 1.43 bits per heavy atom. The van der Waals surface area contributed by atoms with Gasteiger partial charge in [-0.25, -0.2) is 22.9 Å². The van der Waals surface area contributed by atoms with Crippen LogP contribution in [0.3, 0.4) is 0 Å². The average Bonchev–Trinajstić information content (AvgIpc) is 2.82. The van der Waals surface area contributed by atoms with Crippen molar-refractivity contribution in [2.45, 2.75) is 19.2 Å². The van der Waals surface area contributed by atoms with Crippen molar-refractivity contribution in [1.29, 1.82) is 0 Å². The van der Waals surface area contributed by atoms with Crippen molar-refractivity contribution in [3.63, 3.8) is 0 Å². The van der Waals surface area contributed by atoms with E-state index in [2.05, 4.69) is 9.71 Å². The Hall–Kier alpha value is -1.77. The second-order valence-corrected chi connectivity index (χ2v) is 7.22. The molecule has 112 valence electrons. The van der Waals surface area contributed by atoms with Crippen LogP contribution in [0.15, 0.2) is 29.6 Å². The quantitative estimate of drug-likeness (QED) is 0.843. The standard InChI is InChI=1S/C13H14N2O4S2/c1-9-7-20-12(15-9)6-14-21(18,19)8-10-3-2-4-11(5-10)13(16)17/h2-5,7,14H,6,8H2,1H3,(H,16,17). The highest BCUT2D eigenvalue weighted by Gasteiger charge is 2.13. The van der Waals surface area contributed by atoms with Gasteiger partial charge in [-0.05, 0) is 24.6 Å². The molecule has 1 heterocycles. The van der Waals surface area contributed by atoms with Crippen LogP contribution in [0.25, 0.3) is 0 Å². The maximum Gasteiger partial charge on any atom is 0.335 e. The van der Waals surface area contributed by atoms with Gasteiger partial charge in [-0.3, -0.25) is 0 Å². The van der Waals surface area contributed by atoms with Gasteiger partial charge < -0.3 is 5.11 Å². The fourth-order valence-corrected chi connectivity index (χ4v) is 3.60. The fourth-order valence-electron chi connectivity index (χ4n) is 1.72. The van der Waals surface area contributed by atoms with E-state index in [1.165, 1.54) is 29.5 Å². The fraction of sp³-hybridized carbons (Fsp3) is 0.231. The van der Waals surface area contributed by atoms with Crippen LogP contribution in [0.5, 0.6) is 0 Å². The van der Waals surface area contributed by atoms with Crippen LogP contribution in [0.4, 0.5) is 0 Å². The van der Waals surface area contributed by atoms with E-state index in [1.54, 1.807) is 6.07 Å². The minimum atomic E-state index is -3.54. The molecule has 0 unspecified atom stereocenters. The summed E-state index contributed by atoms with van der Waals surface area (Å²) < 4.78 is 26.4. The monoisotopic (exact) mass is 326 g/mol. The zero-order valence-corrected chi connectivity index (χ0v) is 12.9. The van der Waals surface area contributed by atoms with Crippen LogP contribution < -0.4 is 4.72 Å². The van der Waals surface area contributed by atoms with Crippen LogP contribution in [0.2, 0.25) is 0 Å². The summed E-state index contributed by atoms with van der Waals surface area (Å²) in [5.41, 5.74) is 1.35. The van der Waals surface area contributed by atoms with Gasteiger partial charge in [0, 0.05) is 11.1 Å². The van der Waals surface area contributed by atoms with Crippen molar-refractivity contribution < 1.29 is 18.3 Å². The predicted molar refractivity (Wildman–Crippen MR) is 79.7 cm³/mol. The summed E-state index contributed by atoms with van der Waals surface area (Å²) in [6.45, 7) is 1.98. The Kier molecular flexibility index (Phi) is 4.71.